The lowest BCUT2D eigenvalue weighted by molar-refractivity contribution is 0.614. The van der Waals surface area contributed by atoms with Gasteiger partial charge in [-0.25, -0.2) is 4.68 Å². The third-order valence-electron chi connectivity index (χ3n) is 4.64. The maximum atomic E-state index is 12.9. The van der Waals surface area contributed by atoms with Gasteiger partial charge in [0.15, 0.2) is 0 Å². The summed E-state index contributed by atoms with van der Waals surface area (Å²) in [5.74, 6) is 1.14. The molecule has 1 heterocycles. The van der Waals surface area contributed by atoms with Crippen LogP contribution in [0.2, 0.25) is 0 Å². The highest BCUT2D eigenvalue weighted by atomic mass is 16.1. The van der Waals surface area contributed by atoms with E-state index in [-0.39, 0.29) is 5.56 Å². The van der Waals surface area contributed by atoms with Crippen LogP contribution in [0.4, 0.5) is 0 Å². The number of aromatic nitrogens is 2. The van der Waals surface area contributed by atoms with Crippen molar-refractivity contribution in [1.82, 2.24) is 9.36 Å². The first-order valence-corrected chi connectivity index (χ1v) is 7.56. The molecule has 3 nitrogen and oxygen atoms in total. The molecule has 2 saturated carbocycles. The average Bonchev–Trinajstić information content (AvgIpc) is 3.31. The lowest BCUT2D eigenvalue weighted by Crippen LogP contribution is -2.21. The van der Waals surface area contributed by atoms with E-state index in [1.165, 1.54) is 31.4 Å². The zero-order chi connectivity index (χ0) is 13.9. The van der Waals surface area contributed by atoms with Gasteiger partial charge in [0.1, 0.15) is 0 Å². The summed E-state index contributed by atoms with van der Waals surface area (Å²) in [7, 11) is 2.05. The van der Waals surface area contributed by atoms with E-state index in [1.807, 2.05) is 29.9 Å². The smallest absolute Gasteiger partial charge is 0.275 e. The van der Waals surface area contributed by atoms with E-state index in [9.17, 15) is 4.79 Å². The second kappa shape index (κ2) is 4.11. The van der Waals surface area contributed by atoms with Crippen molar-refractivity contribution in [3.8, 4) is 5.69 Å². The molecule has 3 heteroatoms. The van der Waals surface area contributed by atoms with E-state index in [0.717, 1.165) is 16.8 Å². The van der Waals surface area contributed by atoms with Crippen LogP contribution in [0.5, 0.6) is 0 Å². The summed E-state index contributed by atoms with van der Waals surface area (Å²) in [6.45, 7) is 2.07. The number of nitrogens with zero attached hydrogens (tertiary/aromatic N) is 2. The molecule has 0 bridgehead atoms. The van der Waals surface area contributed by atoms with Crippen LogP contribution < -0.4 is 5.56 Å². The molecule has 1 aromatic carbocycles. The summed E-state index contributed by atoms with van der Waals surface area (Å²) in [5.41, 5.74) is 4.80. The van der Waals surface area contributed by atoms with Crippen LogP contribution >= 0.6 is 0 Å². The average molecular weight is 268 g/mol. The fourth-order valence-electron chi connectivity index (χ4n) is 3.31. The Morgan fingerprint density at radius 3 is 2.30 bits per heavy atom. The molecule has 0 unspecified atom stereocenters. The molecule has 0 radical (unpaired) electrons. The van der Waals surface area contributed by atoms with E-state index < -0.39 is 0 Å². The molecule has 0 N–H and O–H groups in total. The predicted molar refractivity (Wildman–Crippen MR) is 79.7 cm³/mol. The lowest BCUT2D eigenvalue weighted by Gasteiger charge is -2.12. The highest BCUT2D eigenvalue weighted by Crippen LogP contribution is 2.48. The van der Waals surface area contributed by atoms with Gasteiger partial charge in [-0.05, 0) is 50.2 Å². The minimum Gasteiger partial charge on any atom is -0.284 e. The summed E-state index contributed by atoms with van der Waals surface area (Å²) in [5, 5.41) is 0. The predicted octanol–water partition coefficient (Wildman–Crippen LogP) is 3.24. The van der Waals surface area contributed by atoms with Gasteiger partial charge in [0, 0.05) is 24.2 Å². The van der Waals surface area contributed by atoms with E-state index in [1.54, 1.807) is 0 Å². The van der Waals surface area contributed by atoms with Crippen LogP contribution in [0, 0.1) is 6.92 Å². The number of rotatable bonds is 3. The molecule has 104 valence electrons. The topological polar surface area (TPSA) is 26.9 Å². The van der Waals surface area contributed by atoms with Gasteiger partial charge < -0.3 is 0 Å². The van der Waals surface area contributed by atoms with Crippen molar-refractivity contribution < 1.29 is 0 Å². The first-order valence-electron chi connectivity index (χ1n) is 7.56. The minimum absolute atomic E-state index is 0.214. The fraction of sp³-hybridized carbons (Fsp3) is 0.471. The Morgan fingerprint density at radius 1 is 1.05 bits per heavy atom. The molecule has 0 saturated heterocycles. The van der Waals surface area contributed by atoms with Crippen LogP contribution in [0.15, 0.2) is 29.1 Å². The molecule has 1 aromatic heterocycles. The Hall–Kier alpha value is -1.77. The van der Waals surface area contributed by atoms with Gasteiger partial charge in [0.2, 0.25) is 0 Å². The highest BCUT2D eigenvalue weighted by molar-refractivity contribution is 5.43. The molecule has 0 atom stereocenters. The van der Waals surface area contributed by atoms with Gasteiger partial charge in [-0.2, -0.15) is 0 Å². The molecule has 0 amide bonds. The second-order valence-corrected chi connectivity index (χ2v) is 6.27. The normalized spacial score (nSPS) is 18.5. The number of hydrogen-bond donors (Lipinski definition) is 0. The zero-order valence-electron chi connectivity index (χ0n) is 12.1. The maximum absolute atomic E-state index is 12.9. The summed E-state index contributed by atoms with van der Waals surface area (Å²) < 4.78 is 4.01. The Balaban J connectivity index is 1.99. The molecule has 2 aliphatic rings. The van der Waals surface area contributed by atoms with Gasteiger partial charge >= 0.3 is 0 Å². The largest absolute Gasteiger partial charge is 0.284 e. The van der Waals surface area contributed by atoms with Crippen LogP contribution in [0.25, 0.3) is 5.69 Å². The summed E-state index contributed by atoms with van der Waals surface area (Å²) in [6.07, 6.45) is 4.86. The van der Waals surface area contributed by atoms with E-state index >= 15 is 0 Å². The first-order chi connectivity index (χ1) is 9.68. The monoisotopic (exact) mass is 268 g/mol. The van der Waals surface area contributed by atoms with Gasteiger partial charge in [-0.3, -0.25) is 9.48 Å². The van der Waals surface area contributed by atoms with Crippen molar-refractivity contribution in [3.05, 3.63) is 51.4 Å². The van der Waals surface area contributed by atoms with E-state index in [4.69, 9.17) is 0 Å². The Morgan fingerprint density at radius 2 is 1.70 bits per heavy atom. The van der Waals surface area contributed by atoms with Gasteiger partial charge in [-0.1, -0.05) is 18.2 Å². The standard InChI is InChI=1S/C17H20N2O/c1-11-5-3-4-6-14(11)19-17(20)15(12-7-8-12)16(18(19)2)13-9-10-13/h3-6,12-13H,7-10H2,1-2H3. The van der Waals surface area contributed by atoms with Gasteiger partial charge in [0.05, 0.1) is 5.69 Å². The third-order valence-corrected chi connectivity index (χ3v) is 4.64. The van der Waals surface area contributed by atoms with E-state index in [0.29, 0.717) is 11.8 Å². The molecule has 20 heavy (non-hydrogen) atoms. The molecule has 4 rings (SSSR count). The van der Waals surface area contributed by atoms with Gasteiger partial charge in [0.25, 0.3) is 5.56 Å². The lowest BCUT2D eigenvalue weighted by atomic mass is 10.1. The quantitative estimate of drug-likeness (QED) is 0.839. The molecule has 0 aliphatic heterocycles. The highest BCUT2D eigenvalue weighted by Gasteiger charge is 2.39. The first kappa shape index (κ1) is 12.0. The van der Waals surface area contributed by atoms with Crippen LogP contribution in [-0.4, -0.2) is 9.36 Å². The number of para-hydroxylation sites is 1. The van der Waals surface area contributed by atoms with Crippen LogP contribution in [-0.2, 0) is 7.05 Å². The van der Waals surface area contributed by atoms with E-state index in [2.05, 4.69) is 17.7 Å². The molecular weight excluding hydrogens is 248 g/mol. The zero-order valence-corrected chi connectivity index (χ0v) is 12.1. The van der Waals surface area contributed by atoms with Gasteiger partial charge in [-0.15, -0.1) is 0 Å². The van der Waals surface area contributed by atoms with Crippen molar-refractivity contribution in [2.45, 2.75) is 44.4 Å². The third kappa shape index (κ3) is 1.69. The molecule has 2 fully saturated rings. The summed E-state index contributed by atoms with van der Waals surface area (Å²) in [4.78, 5) is 12.9. The Bertz CT molecular complexity index is 730. The second-order valence-electron chi connectivity index (χ2n) is 6.27. The molecule has 2 aromatic rings. The van der Waals surface area contributed by atoms with Crippen molar-refractivity contribution in [1.29, 1.82) is 0 Å². The van der Waals surface area contributed by atoms with Crippen molar-refractivity contribution >= 4 is 0 Å². The summed E-state index contributed by atoms with van der Waals surface area (Å²) in [6, 6.07) is 8.15. The number of benzene rings is 1. The summed E-state index contributed by atoms with van der Waals surface area (Å²) >= 11 is 0. The molecule has 0 spiro atoms. The van der Waals surface area contributed by atoms with Crippen molar-refractivity contribution in [2.75, 3.05) is 0 Å². The fourth-order valence-corrected chi connectivity index (χ4v) is 3.31. The maximum Gasteiger partial charge on any atom is 0.275 e. The van der Waals surface area contributed by atoms with Crippen molar-refractivity contribution in [3.63, 3.8) is 0 Å². The Kier molecular flexibility index (Phi) is 2.47. The minimum atomic E-state index is 0.214. The number of aryl methyl sites for hydroxylation is 1. The molecular formula is C17H20N2O. The van der Waals surface area contributed by atoms with Crippen molar-refractivity contribution in [2.24, 2.45) is 7.05 Å². The number of hydrogen-bond acceptors (Lipinski definition) is 1. The Labute approximate surface area is 118 Å². The van der Waals surface area contributed by atoms with Crippen LogP contribution in [0.1, 0.15) is 54.3 Å². The SMILES string of the molecule is Cc1ccccc1-n1c(=O)c(C2CC2)c(C2CC2)n1C. The van der Waals surface area contributed by atoms with Crippen LogP contribution in [0.3, 0.4) is 0 Å². The molecule has 2 aliphatic carbocycles.